The number of nitrogens with zero attached hydrogens (tertiary/aromatic N) is 6. The molecule has 3 aromatic rings. The summed E-state index contributed by atoms with van der Waals surface area (Å²) in [4.78, 5) is 23.7. The molecule has 0 aliphatic carbocycles. The SMILES string of the molecule is CN=C(NCc1ccnc(N2CCN(C)CC2)c1)N(C)Cc1ncc(-c2ccccc2)[nH]1. The monoisotopic (exact) mass is 432 g/mol. The Morgan fingerprint density at radius 3 is 2.66 bits per heavy atom. The van der Waals surface area contributed by atoms with Crippen molar-refractivity contribution in [3.8, 4) is 11.3 Å². The van der Waals surface area contributed by atoms with Gasteiger partial charge in [0.25, 0.3) is 0 Å². The zero-order chi connectivity index (χ0) is 22.3. The van der Waals surface area contributed by atoms with E-state index in [2.05, 4.69) is 71.3 Å². The first-order chi connectivity index (χ1) is 15.6. The maximum Gasteiger partial charge on any atom is 0.194 e. The minimum absolute atomic E-state index is 0.634. The molecule has 1 fully saturated rings. The van der Waals surface area contributed by atoms with Gasteiger partial charge in [0.1, 0.15) is 11.6 Å². The second-order valence-corrected chi connectivity index (χ2v) is 8.18. The van der Waals surface area contributed by atoms with Crippen LogP contribution in [-0.2, 0) is 13.1 Å². The number of imidazole rings is 1. The van der Waals surface area contributed by atoms with E-state index in [9.17, 15) is 0 Å². The number of piperazine rings is 1. The molecule has 32 heavy (non-hydrogen) atoms. The van der Waals surface area contributed by atoms with Gasteiger partial charge in [0.05, 0.1) is 18.4 Å². The van der Waals surface area contributed by atoms with Crippen molar-refractivity contribution in [2.24, 2.45) is 4.99 Å². The molecule has 4 rings (SSSR count). The molecule has 1 saturated heterocycles. The van der Waals surface area contributed by atoms with Crippen LogP contribution >= 0.6 is 0 Å². The van der Waals surface area contributed by atoms with E-state index in [4.69, 9.17) is 0 Å². The Balaban J connectivity index is 1.34. The van der Waals surface area contributed by atoms with E-state index in [1.54, 1.807) is 7.05 Å². The van der Waals surface area contributed by atoms with Crippen LogP contribution in [0.25, 0.3) is 11.3 Å². The average molecular weight is 433 g/mol. The number of aliphatic imine (C=N–C) groups is 1. The number of benzene rings is 1. The van der Waals surface area contributed by atoms with Gasteiger partial charge in [-0.1, -0.05) is 30.3 Å². The largest absolute Gasteiger partial charge is 0.354 e. The Bertz CT molecular complexity index is 1020. The predicted molar refractivity (Wildman–Crippen MR) is 130 cm³/mol. The lowest BCUT2D eigenvalue weighted by Crippen LogP contribution is -2.44. The number of H-pyrrole nitrogens is 1. The second kappa shape index (κ2) is 10.3. The third kappa shape index (κ3) is 5.45. The molecule has 0 radical (unpaired) electrons. The van der Waals surface area contributed by atoms with Crippen LogP contribution in [0.3, 0.4) is 0 Å². The molecule has 8 nitrogen and oxygen atoms in total. The predicted octanol–water partition coefficient (Wildman–Crippen LogP) is 2.43. The maximum absolute atomic E-state index is 4.58. The molecule has 0 spiro atoms. The lowest BCUT2D eigenvalue weighted by atomic mass is 10.2. The Labute approximate surface area is 190 Å². The summed E-state index contributed by atoms with van der Waals surface area (Å²) in [6.07, 6.45) is 3.77. The summed E-state index contributed by atoms with van der Waals surface area (Å²) in [5, 5.41) is 3.46. The number of anilines is 1. The van der Waals surface area contributed by atoms with Crippen LogP contribution in [0.1, 0.15) is 11.4 Å². The molecule has 0 bridgehead atoms. The van der Waals surface area contributed by atoms with Gasteiger partial charge in [-0.3, -0.25) is 4.99 Å². The van der Waals surface area contributed by atoms with Crippen molar-refractivity contribution in [1.82, 2.24) is 30.1 Å². The van der Waals surface area contributed by atoms with Gasteiger partial charge < -0.3 is 25.0 Å². The van der Waals surface area contributed by atoms with Crippen molar-refractivity contribution < 1.29 is 0 Å². The standard InChI is InChI=1S/C24H32N8/c1-25-24(31(3)18-22-27-17-21(29-22)20-7-5-4-6-8-20)28-16-19-9-10-26-23(15-19)32-13-11-30(2)12-14-32/h4-10,15,17H,11-14,16,18H2,1-3H3,(H,25,28)(H,27,29). The van der Waals surface area contributed by atoms with Crippen LogP contribution < -0.4 is 10.2 Å². The fourth-order valence-corrected chi connectivity index (χ4v) is 3.85. The molecule has 1 aliphatic heterocycles. The van der Waals surface area contributed by atoms with Crippen LogP contribution in [0.2, 0.25) is 0 Å². The highest BCUT2D eigenvalue weighted by Crippen LogP contribution is 2.17. The van der Waals surface area contributed by atoms with Gasteiger partial charge in [0.2, 0.25) is 0 Å². The van der Waals surface area contributed by atoms with Gasteiger partial charge in [-0.2, -0.15) is 0 Å². The van der Waals surface area contributed by atoms with Gasteiger partial charge in [0.15, 0.2) is 5.96 Å². The van der Waals surface area contributed by atoms with Crippen molar-refractivity contribution in [3.63, 3.8) is 0 Å². The average Bonchev–Trinajstić information content (AvgIpc) is 3.29. The summed E-state index contributed by atoms with van der Waals surface area (Å²) in [6, 6.07) is 14.5. The Kier molecular flexibility index (Phi) is 7.01. The molecular formula is C24H32N8. The molecular weight excluding hydrogens is 400 g/mol. The number of hydrogen-bond acceptors (Lipinski definition) is 5. The first-order valence-corrected chi connectivity index (χ1v) is 11.0. The van der Waals surface area contributed by atoms with Crippen molar-refractivity contribution >= 4 is 11.8 Å². The van der Waals surface area contributed by atoms with E-state index in [-0.39, 0.29) is 0 Å². The number of pyridine rings is 1. The summed E-state index contributed by atoms with van der Waals surface area (Å²) in [7, 11) is 5.99. The number of rotatable bonds is 6. The highest BCUT2D eigenvalue weighted by atomic mass is 15.3. The molecule has 8 heteroatoms. The lowest BCUT2D eigenvalue weighted by Gasteiger charge is -2.33. The van der Waals surface area contributed by atoms with Crippen molar-refractivity contribution in [1.29, 1.82) is 0 Å². The van der Waals surface area contributed by atoms with Gasteiger partial charge in [-0.25, -0.2) is 9.97 Å². The van der Waals surface area contributed by atoms with Crippen molar-refractivity contribution in [2.45, 2.75) is 13.1 Å². The van der Waals surface area contributed by atoms with Gasteiger partial charge in [0, 0.05) is 53.0 Å². The van der Waals surface area contributed by atoms with Gasteiger partial charge in [-0.15, -0.1) is 0 Å². The molecule has 0 amide bonds. The zero-order valence-corrected chi connectivity index (χ0v) is 19.1. The molecule has 0 unspecified atom stereocenters. The van der Waals surface area contributed by atoms with Gasteiger partial charge in [-0.05, 0) is 30.3 Å². The summed E-state index contributed by atoms with van der Waals surface area (Å²) < 4.78 is 0. The van der Waals surface area contributed by atoms with Crippen LogP contribution in [0, 0.1) is 0 Å². The molecule has 0 atom stereocenters. The number of likely N-dealkylation sites (N-methyl/N-ethyl adjacent to an activating group) is 1. The van der Waals surface area contributed by atoms with Crippen molar-refractivity contribution in [3.05, 3.63) is 66.2 Å². The van der Waals surface area contributed by atoms with Gasteiger partial charge >= 0.3 is 0 Å². The Hall–Kier alpha value is -3.39. The Morgan fingerprint density at radius 2 is 1.91 bits per heavy atom. The number of hydrogen-bond donors (Lipinski definition) is 2. The minimum Gasteiger partial charge on any atom is -0.354 e. The summed E-state index contributed by atoms with van der Waals surface area (Å²) >= 11 is 0. The van der Waals surface area contributed by atoms with Crippen LogP contribution in [0.5, 0.6) is 0 Å². The number of nitrogens with one attached hydrogen (secondary N) is 2. The van der Waals surface area contributed by atoms with Crippen molar-refractivity contribution in [2.75, 3.05) is 52.2 Å². The highest BCUT2D eigenvalue weighted by Gasteiger charge is 2.16. The molecule has 2 aromatic heterocycles. The fourth-order valence-electron chi connectivity index (χ4n) is 3.85. The number of aromatic nitrogens is 3. The minimum atomic E-state index is 0.634. The van der Waals surface area contributed by atoms with E-state index in [0.717, 1.165) is 55.0 Å². The molecule has 1 aromatic carbocycles. The quantitative estimate of drug-likeness (QED) is 0.460. The summed E-state index contributed by atoms with van der Waals surface area (Å²) in [5.74, 6) is 2.76. The van der Waals surface area contributed by atoms with E-state index >= 15 is 0 Å². The van der Waals surface area contributed by atoms with Crippen LogP contribution in [0.4, 0.5) is 5.82 Å². The maximum atomic E-state index is 4.58. The normalized spacial score (nSPS) is 15.1. The van der Waals surface area contributed by atoms with E-state index in [1.807, 2.05) is 37.6 Å². The number of guanidine groups is 1. The smallest absolute Gasteiger partial charge is 0.194 e. The molecule has 2 N–H and O–H groups in total. The molecule has 1 aliphatic rings. The first-order valence-electron chi connectivity index (χ1n) is 11.0. The van der Waals surface area contributed by atoms with Crippen LogP contribution in [-0.4, -0.2) is 78.0 Å². The Morgan fingerprint density at radius 1 is 1.12 bits per heavy atom. The fraction of sp³-hybridized carbons (Fsp3) is 0.375. The van der Waals surface area contributed by atoms with E-state index in [0.29, 0.717) is 13.1 Å². The van der Waals surface area contributed by atoms with E-state index in [1.165, 1.54) is 5.56 Å². The second-order valence-electron chi connectivity index (χ2n) is 8.18. The summed E-state index contributed by atoms with van der Waals surface area (Å²) in [6.45, 7) is 5.49. The van der Waals surface area contributed by atoms with Crippen LogP contribution in [0.15, 0.2) is 59.9 Å². The number of aromatic amines is 1. The third-order valence-electron chi connectivity index (χ3n) is 5.76. The summed E-state index contributed by atoms with van der Waals surface area (Å²) in [5.41, 5.74) is 3.34. The lowest BCUT2D eigenvalue weighted by molar-refractivity contribution is 0.312. The van der Waals surface area contributed by atoms with E-state index < -0.39 is 0 Å². The molecule has 0 saturated carbocycles. The molecule has 3 heterocycles. The topological polar surface area (TPSA) is 75.7 Å². The zero-order valence-electron chi connectivity index (χ0n) is 19.1. The highest BCUT2D eigenvalue weighted by molar-refractivity contribution is 5.79. The molecule has 168 valence electrons. The third-order valence-corrected chi connectivity index (χ3v) is 5.76. The first kappa shape index (κ1) is 21.8.